The van der Waals surface area contributed by atoms with Crippen LogP contribution in [0.1, 0.15) is 5.56 Å². The first-order valence-corrected chi connectivity index (χ1v) is 10.1. The summed E-state index contributed by atoms with van der Waals surface area (Å²) in [6.07, 6.45) is 3.10. The van der Waals surface area contributed by atoms with Crippen molar-refractivity contribution in [1.82, 2.24) is 9.97 Å². The van der Waals surface area contributed by atoms with Gasteiger partial charge in [-0.25, -0.2) is 0 Å². The number of nitro benzene ring substituents is 1. The lowest BCUT2D eigenvalue weighted by Gasteiger charge is -2.12. The van der Waals surface area contributed by atoms with Gasteiger partial charge in [0.15, 0.2) is 0 Å². The summed E-state index contributed by atoms with van der Waals surface area (Å²) in [6.45, 7) is 0.185. The van der Waals surface area contributed by atoms with Gasteiger partial charge in [-0.15, -0.1) is 0 Å². The molecule has 0 radical (unpaired) electrons. The third kappa shape index (κ3) is 3.97. The minimum atomic E-state index is -0.490. The van der Waals surface area contributed by atoms with Gasteiger partial charge in [-0.3, -0.25) is 20.1 Å². The van der Waals surface area contributed by atoms with E-state index in [0.29, 0.717) is 33.3 Å². The molecule has 0 atom stereocenters. The molecule has 8 heteroatoms. The largest absolute Gasteiger partial charge is 0.507 e. The number of rotatable bonds is 6. The smallest absolute Gasteiger partial charge is 0.311 e. The van der Waals surface area contributed by atoms with Crippen LogP contribution in [0, 0.1) is 10.1 Å². The van der Waals surface area contributed by atoms with E-state index in [1.165, 1.54) is 30.5 Å². The highest BCUT2D eigenvalue weighted by Gasteiger charge is 2.18. The molecule has 33 heavy (non-hydrogen) atoms. The van der Waals surface area contributed by atoms with E-state index in [4.69, 9.17) is 9.47 Å². The second-order valence-corrected chi connectivity index (χ2v) is 7.26. The molecule has 5 rings (SSSR count). The predicted octanol–water partition coefficient (Wildman–Crippen LogP) is 5.77. The number of aromatic nitrogens is 2. The summed E-state index contributed by atoms with van der Waals surface area (Å²) in [7, 11) is 0. The molecule has 0 aliphatic heterocycles. The van der Waals surface area contributed by atoms with Crippen LogP contribution in [0.4, 0.5) is 5.69 Å². The second kappa shape index (κ2) is 8.43. The fourth-order valence-corrected chi connectivity index (χ4v) is 3.56. The van der Waals surface area contributed by atoms with E-state index in [9.17, 15) is 15.2 Å². The van der Waals surface area contributed by atoms with Crippen LogP contribution in [-0.4, -0.2) is 20.0 Å². The highest BCUT2D eigenvalue weighted by Crippen LogP contribution is 2.37. The molecule has 8 nitrogen and oxygen atoms in total. The quantitative estimate of drug-likeness (QED) is 0.203. The lowest BCUT2D eigenvalue weighted by atomic mass is 10.1. The summed E-state index contributed by atoms with van der Waals surface area (Å²) in [4.78, 5) is 19.7. The molecule has 5 aromatic rings. The molecule has 0 aliphatic rings. The monoisotopic (exact) mass is 439 g/mol. The standard InChI is InChI=1S/C25H17N3O5/c29-21-10-12-26-24-18(21)7-8-19-22(11-13-27-25(19)24)33-17-6-9-20(28(30)31)23(14-17)32-15-16-4-2-1-3-5-16/h1-14H,15H2,(H,26,29). The van der Waals surface area contributed by atoms with Crippen LogP contribution < -0.4 is 9.47 Å². The van der Waals surface area contributed by atoms with Crippen molar-refractivity contribution in [2.75, 3.05) is 0 Å². The number of nitrogens with zero attached hydrogens (tertiary/aromatic N) is 3. The van der Waals surface area contributed by atoms with Crippen molar-refractivity contribution >= 4 is 27.5 Å². The number of ether oxygens (including phenoxy) is 2. The number of pyridine rings is 2. The highest BCUT2D eigenvalue weighted by molar-refractivity contribution is 6.06. The molecule has 1 N–H and O–H groups in total. The summed E-state index contributed by atoms with van der Waals surface area (Å²) in [5.41, 5.74) is 1.86. The van der Waals surface area contributed by atoms with Crippen molar-refractivity contribution in [2.24, 2.45) is 0 Å². The molecule has 0 amide bonds. The fourth-order valence-electron chi connectivity index (χ4n) is 3.56. The molecule has 0 bridgehead atoms. The zero-order valence-electron chi connectivity index (χ0n) is 17.2. The number of aromatic hydroxyl groups is 1. The Morgan fingerprint density at radius 3 is 2.36 bits per heavy atom. The van der Waals surface area contributed by atoms with Gasteiger partial charge < -0.3 is 14.6 Å². The first kappa shape index (κ1) is 20.2. The Labute approximate surface area is 187 Å². The molecule has 0 spiro atoms. The molecule has 2 aromatic heterocycles. The van der Waals surface area contributed by atoms with Crippen LogP contribution in [-0.2, 0) is 6.61 Å². The second-order valence-electron chi connectivity index (χ2n) is 7.26. The predicted molar refractivity (Wildman–Crippen MR) is 123 cm³/mol. The van der Waals surface area contributed by atoms with Gasteiger partial charge in [0.25, 0.3) is 0 Å². The highest BCUT2D eigenvalue weighted by atomic mass is 16.6. The van der Waals surface area contributed by atoms with Crippen LogP contribution in [0.15, 0.2) is 85.2 Å². The normalized spacial score (nSPS) is 10.9. The van der Waals surface area contributed by atoms with Crippen LogP contribution in [0.5, 0.6) is 23.0 Å². The minimum Gasteiger partial charge on any atom is -0.507 e. The van der Waals surface area contributed by atoms with Gasteiger partial charge in [-0.2, -0.15) is 0 Å². The average Bonchev–Trinajstić information content (AvgIpc) is 2.83. The van der Waals surface area contributed by atoms with E-state index < -0.39 is 4.92 Å². The fraction of sp³-hybridized carbons (Fsp3) is 0.0400. The van der Waals surface area contributed by atoms with Gasteiger partial charge in [0.05, 0.1) is 4.92 Å². The van der Waals surface area contributed by atoms with Gasteiger partial charge >= 0.3 is 5.69 Å². The summed E-state index contributed by atoms with van der Waals surface area (Å²) in [6, 6.07) is 20.5. The Morgan fingerprint density at radius 1 is 0.848 bits per heavy atom. The Balaban J connectivity index is 1.50. The molecule has 2 heterocycles. The molecule has 162 valence electrons. The van der Waals surface area contributed by atoms with Crippen molar-refractivity contribution in [3.63, 3.8) is 0 Å². The molecule has 0 aliphatic carbocycles. The van der Waals surface area contributed by atoms with Gasteiger partial charge in [-0.05, 0) is 35.9 Å². The summed E-state index contributed by atoms with van der Waals surface area (Å²) >= 11 is 0. The molecule has 0 fully saturated rings. The van der Waals surface area contributed by atoms with Crippen molar-refractivity contribution in [3.8, 4) is 23.0 Å². The summed E-state index contributed by atoms with van der Waals surface area (Å²) < 4.78 is 11.8. The van der Waals surface area contributed by atoms with Crippen molar-refractivity contribution in [1.29, 1.82) is 0 Å². The summed E-state index contributed by atoms with van der Waals surface area (Å²) in [5, 5.41) is 22.9. The maximum atomic E-state index is 11.5. The van der Waals surface area contributed by atoms with Crippen LogP contribution in [0.25, 0.3) is 21.8 Å². The topological polar surface area (TPSA) is 108 Å². The van der Waals surface area contributed by atoms with E-state index in [1.807, 2.05) is 30.3 Å². The van der Waals surface area contributed by atoms with Crippen LogP contribution >= 0.6 is 0 Å². The minimum absolute atomic E-state index is 0.108. The molecule has 0 unspecified atom stereocenters. The van der Waals surface area contributed by atoms with Crippen molar-refractivity contribution < 1.29 is 19.5 Å². The zero-order valence-corrected chi connectivity index (χ0v) is 17.2. The molecule has 0 saturated heterocycles. The average molecular weight is 439 g/mol. The van der Waals surface area contributed by atoms with Crippen LogP contribution in [0.2, 0.25) is 0 Å². The van der Waals surface area contributed by atoms with Crippen LogP contribution in [0.3, 0.4) is 0 Å². The molecule has 3 aromatic carbocycles. The van der Waals surface area contributed by atoms with E-state index >= 15 is 0 Å². The Bertz CT molecular complexity index is 1490. The lowest BCUT2D eigenvalue weighted by Crippen LogP contribution is -1.99. The number of benzene rings is 3. The van der Waals surface area contributed by atoms with Gasteiger partial charge in [0.1, 0.15) is 34.9 Å². The maximum absolute atomic E-state index is 11.5. The molecular formula is C25H17N3O5. The molecule has 0 saturated carbocycles. The van der Waals surface area contributed by atoms with Gasteiger partial charge in [-0.1, -0.05) is 30.3 Å². The first-order valence-electron chi connectivity index (χ1n) is 10.1. The van der Waals surface area contributed by atoms with Crippen molar-refractivity contribution in [3.05, 3.63) is 101 Å². The Hall–Kier alpha value is -4.72. The van der Waals surface area contributed by atoms with E-state index in [-0.39, 0.29) is 23.8 Å². The van der Waals surface area contributed by atoms with E-state index in [2.05, 4.69) is 9.97 Å². The number of nitro groups is 1. The lowest BCUT2D eigenvalue weighted by molar-refractivity contribution is -0.386. The zero-order chi connectivity index (χ0) is 22.8. The Kier molecular flexibility index (Phi) is 5.16. The maximum Gasteiger partial charge on any atom is 0.311 e. The van der Waals surface area contributed by atoms with E-state index in [0.717, 1.165) is 5.56 Å². The SMILES string of the molecule is O=[N+]([O-])c1ccc(Oc2ccnc3c2ccc2c(O)ccnc23)cc1OCc1ccccc1. The van der Waals surface area contributed by atoms with Crippen molar-refractivity contribution in [2.45, 2.75) is 6.61 Å². The summed E-state index contributed by atoms with van der Waals surface area (Å²) in [5.74, 6) is 1.09. The van der Waals surface area contributed by atoms with Gasteiger partial charge in [0, 0.05) is 35.3 Å². The number of hydrogen-bond acceptors (Lipinski definition) is 7. The third-order valence-corrected chi connectivity index (χ3v) is 5.15. The number of fused-ring (bicyclic) bond motifs is 3. The Morgan fingerprint density at radius 2 is 1.58 bits per heavy atom. The molecular weight excluding hydrogens is 422 g/mol. The number of hydrogen-bond donors (Lipinski definition) is 1. The van der Waals surface area contributed by atoms with E-state index in [1.54, 1.807) is 24.4 Å². The first-order chi connectivity index (χ1) is 16.1. The van der Waals surface area contributed by atoms with Gasteiger partial charge in [0.2, 0.25) is 5.75 Å². The third-order valence-electron chi connectivity index (χ3n) is 5.15.